The Hall–Kier alpha value is -12.8. The fourth-order valence-corrected chi connectivity index (χ4v) is 12.6. The number of benzene rings is 8. The number of ether oxygens (including phenoxy) is 12. The van der Waals surface area contributed by atoms with Gasteiger partial charge in [-0.3, -0.25) is 0 Å². The molecule has 0 unspecified atom stereocenters. The third kappa shape index (κ3) is 30.6. The molecule has 8 rings (SSSR count). The molecular weight excluding hydrogens is 1590 g/mol. The Morgan fingerprint density at radius 2 is 0.442 bits per heavy atom. The van der Waals surface area contributed by atoms with Crippen LogP contribution in [0.4, 0.5) is 26.3 Å². The van der Waals surface area contributed by atoms with E-state index in [0.29, 0.717) is 124 Å². The Bertz CT molecular complexity index is 4470. The van der Waals surface area contributed by atoms with E-state index in [1.54, 1.807) is 48.5 Å². The molecule has 0 saturated carbocycles. The topological polar surface area (TPSA) is 281 Å². The molecule has 0 fully saturated rings. The third-order valence-electron chi connectivity index (χ3n) is 17.8. The van der Waals surface area contributed by atoms with Crippen LogP contribution in [0.25, 0.3) is 0 Å². The van der Waals surface area contributed by atoms with E-state index in [9.17, 15) is 73.1 Å². The average molecular weight is 1680 g/mol. The molecule has 0 aliphatic heterocycles. The molecule has 0 N–H and O–H groups in total. The van der Waals surface area contributed by atoms with Crippen LogP contribution in [0.3, 0.4) is 0 Å². The van der Waals surface area contributed by atoms with E-state index in [-0.39, 0.29) is 43.9 Å². The zero-order valence-electron chi connectivity index (χ0n) is 65.7. The number of carbonyl (C=O) groups is 8. The highest BCUT2D eigenvalue weighted by molar-refractivity contribution is 7.91. The first-order chi connectivity index (χ1) is 57.7. The van der Waals surface area contributed by atoms with Crippen molar-refractivity contribution in [1.29, 1.82) is 0 Å². The van der Waals surface area contributed by atoms with Gasteiger partial charge in [-0.15, -0.1) is 0 Å². The summed E-state index contributed by atoms with van der Waals surface area (Å²) in [5.41, 5.74) is -6.22. The summed E-state index contributed by atoms with van der Waals surface area (Å²) in [5, 5.41) is 0. The number of esters is 8. The number of hydrogen-bond donors (Lipinski definition) is 0. The first-order valence-corrected chi connectivity index (χ1v) is 39.9. The van der Waals surface area contributed by atoms with E-state index in [2.05, 4.69) is 26.3 Å². The van der Waals surface area contributed by atoms with E-state index in [1.165, 1.54) is 97.1 Å². The molecule has 0 spiro atoms. The van der Waals surface area contributed by atoms with Crippen LogP contribution in [-0.4, -0.2) is 121 Å². The van der Waals surface area contributed by atoms with Gasteiger partial charge in [-0.25, -0.2) is 46.8 Å². The largest absolute Gasteiger partial charge is 0.494 e. The number of rotatable bonds is 48. The van der Waals surface area contributed by atoms with E-state index < -0.39 is 86.5 Å². The second-order valence-electron chi connectivity index (χ2n) is 26.4. The molecule has 8 aromatic carbocycles. The summed E-state index contributed by atoms with van der Waals surface area (Å²) >= 11 is 0. The molecule has 0 saturated heterocycles. The maximum atomic E-state index is 14.8. The molecule has 29 heteroatoms. The predicted molar refractivity (Wildman–Crippen MR) is 430 cm³/mol. The molecule has 0 bridgehead atoms. The summed E-state index contributed by atoms with van der Waals surface area (Å²) in [6.45, 7) is 16.4. The summed E-state index contributed by atoms with van der Waals surface area (Å²) in [6, 6.07) is 41.3. The van der Waals surface area contributed by atoms with Gasteiger partial charge in [-0.2, -0.15) is 26.3 Å². The average Bonchev–Trinajstić information content (AvgIpc) is 0.716. The van der Waals surface area contributed by atoms with Crippen molar-refractivity contribution < 1.29 is 130 Å². The highest BCUT2D eigenvalue weighted by Crippen LogP contribution is 2.56. The van der Waals surface area contributed by atoms with Gasteiger partial charge in [0.15, 0.2) is 0 Å². The van der Waals surface area contributed by atoms with E-state index in [0.717, 1.165) is 138 Å². The molecule has 0 radical (unpaired) electrons. The van der Waals surface area contributed by atoms with Crippen molar-refractivity contribution in [2.24, 2.45) is 0 Å². The number of hydrogen-bond acceptors (Lipinski definition) is 22. The molecule has 0 aliphatic rings. The van der Waals surface area contributed by atoms with Crippen molar-refractivity contribution in [3.05, 3.63) is 278 Å². The van der Waals surface area contributed by atoms with Crippen molar-refractivity contribution in [2.75, 3.05) is 52.9 Å². The minimum Gasteiger partial charge on any atom is -0.494 e. The van der Waals surface area contributed by atoms with Gasteiger partial charge in [0.05, 0.1) is 84.9 Å². The summed E-state index contributed by atoms with van der Waals surface area (Å²) < 4.78 is 179. The van der Waals surface area contributed by atoms with Crippen LogP contribution in [0.2, 0.25) is 0 Å². The molecule has 22 nitrogen and oxygen atoms in total. The van der Waals surface area contributed by atoms with E-state index in [4.69, 9.17) is 56.8 Å². The molecule has 0 aromatic heterocycles. The standard InChI is InChI=1S/C47H46F6O10.C44H46O12S/c1-3-41(54)60-31-11-7-5-9-29-58-37-21-13-33(14-22-37)43(56)62-39-25-17-35(18-26-39)45(46(48,49)50,47(51,52)53)36-19-27-40(28-20-36)63-44(57)34-15-23-38(24-16-34)59-30-10-6-8-12-32-61-42(55)4-2;1-3-41(45)53-31-11-7-5-9-29-51-35-17-13-33(14-18-35)43(47)55-37-21-25-39(26-22-37)57(49,50)40-27-23-38(24-28-40)56-44(48)34-15-19-36(20-16-34)52-30-10-6-8-12-32-54-42(46)4-2/h3-4,13-28H,1-2,5-12,29-32H2;3-4,13-28H,1-2,5-12,29-32H2. The summed E-state index contributed by atoms with van der Waals surface area (Å²) in [6.07, 6.45) is 5.58. The quantitative estimate of drug-likeness (QED) is 0.00855. The van der Waals surface area contributed by atoms with Crippen molar-refractivity contribution in [3.63, 3.8) is 0 Å². The van der Waals surface area contributed by atoms with Gasteiger partial charge in [0.25, 0.3) is 0 Å². The van der Waals surface area contributed by atoms with Gasteiger partial charge in [0.2, 0.25) is 15.3 Å². The van der Waals surface area contributed by atoms with Gasteiger partial charge in [0, 0.05) is 24.3 Å². The lowest BCUT2D eigenvalue weighted by Crippen LogP contribution is -2.54. The Kier molecular flexibility index (Phi) is 38.4. The maximum absolute atomic E-state index is 14.8. The smallest absolute Gasteiger partial charge is 0.411 e. The minimum atomic E-state index is -5.90. The summed E-state index contributed by atoms with van der Waals surface area (Å²) in [5.74, 6) is -3.02. The second kappa shape index (κ2) is 48.8. The zero-order valence-corrected chi connectivity index (χ0v) is 66.6. The van der Waals surface area contributed by atoms with Crippen LogP contribution in [0.5, 0.6) is 46.0 Å². The van der Waals surface area contributed by atoms with Crippen molar-refractivity contribution in [1.82, 2.24) is 0 Å². The minimum absolute atomic E-state index is 0.0153. The molecule has 0 aliphatic carbocycles. The lowest BCUT2D eigenvalue weighted by atomic mass is 9.73. The molecule has 8 aromatic rings. The van der Waals surface area contributed by atoms with Gasteiger partial charge in [-0.1, -0.05) is 50.6 Å². The Morgan fingerprint density at radius 3 is 0.633 bits per heavy atom. The SMILES string of the molecule is C=CC(=O)OCCCCCCOc1ccc(C(=O)Oc2ccc(C(c3ccc(OC(=O)c4ccc(OCCCCCCOC(=O)C=C)cc4)cc3)(C(F)(F)F)C(F)(F)F)cc2)cc1.C=CC(=O)OCCCCCCOc1ccc(C(=O)Oc2ccc(S(=O)(=O)c3ccc(OC(=O)c4ccc(OCCCCCCOC(=O)C=C)cc4)cc3)cc2)cc1. The number of halogens is 6. The van der Waals surface area contributed by atoms with Crippen LogP contribution in [0, 0.1) is 0 Å². The molecule has 0 amide bonds. The fraction of sp³-hybridized carbons (Fsp3) is 0.297. The monoisotopic (exact) mass is 1680 g/mol. The number of alkyl halides is 6. The first kappa shape index (κ1) is 94.4. The number of carbonyl (C=O) groups excluding carboxylic acids is 8. The Labute approximate surface area is 691 Å². The highest BCUT2D eigenvalue weighted by Gasteiger charge is 2.72. The van der Waals surface area contributed by atoms with Gasteiger partial charge in [-0.05, 0) is 284 Å². The zero-order chi connectivity index (χ0) is 86.8. The van der Waals surface area contributed by atoms with Crippen LogP contribution in [0.15, 0.2) is 255 Å². The normalized spacial score (nSPS) is 11.2. The van der Waals surface area contributed by atoms with Crippen molar-refractivity contribution in [2.45, 2.75) is 130 Å². The Balaban J connectivity index is 0.000000332. The van der Waals surface area contributed by atoms with Gasteiger partial charge >= 0.3 is 60.1 Å². The fourth-order valence-electron chi connectivity index (χ4n) is 11.4. The summed E-state index contributed by atoms with van der Waals surface area (Å²) in [7, 11) is -3.93. The third-order valence-corrected chi connectivity index (χ3v) is 19.6. The summed E-state index contributed by atoms with van der Waals surface area (Å²) in [4.78, 5) is 95.2. The van der Waals surface area contributed by atoms with Crippen LogP contribution >= 0.6 is 0 Å². The predicted octanol–water partition coefficient (Wildman–Crippen LogP) is 19.2. The van der Waals surface area contributed by atoms with E-state index in [1.807, 2.05) is 0 Å². The number of unbranched alkanes of at least 4 members (excludes halogenated alkanes) is 12. The maximum Gasteiger partial charge on any atom is 0.411 e. The molecule has 120 heavy (non-hydrogen) atoms. The van der Waals surface area contributed by atoms with Crippen LogP contribution < -0.4 is 37.9 Å². The Morgan fingerprint density at radius 1 is 0.258 bits per heavy atom. The molecule has 0 atom stereocenters. The van der Waals surface area contributed by atoms with Gasteiger partial charge < -0.3 is 56.8 Å². The highest BCUT2D eigenvalue weighted by atomic mass is 32.2. The lowest BCUT2D eigenvalue weighted by molar-refractivity contribution is -0.288. The second-order valence-corrected chi connectivity index (χ2v) is 28.4. The molecule has 636 valence electrons. The van der Waals surface area contributed by atoms with Crippen LogP contribution in [-0.2, 0) is 53.4 Å². The van der Waals surface area contributed by atoms with E-state index >= 15 is 0 Å². The number of sulfone groups is 1. The molecule has 0 heterocycles. The van der Waals surface area contributed by atoms with Gasteiger partial charge in [0.1, 0.15) is 46.0 Å². The van der Waals surface area contributed by atoms with Crippen molar-refractivity contribution in [3.8, 4) is 46.0 Å². The lowest BCUT2D eigenvalue weighted by Gasteiger charge is -2.38. The molecular formula is C91H92F6O22S. The van der Waals surface area contributed by atoms with Crippen LogP contribution in [0.1, 0.15) is 155 Å². The first-order valence-electron chi connectivity index (χ1n) is 38.4. The van der Waals surface area contributed by atoms with Crippen molar-refractivity contribution >= 4 is 57.6 Å².